The number of carbonyl (C=O) groups excluding carboxylic acids is 2. The molecule has 0 spiro atoms. The summed E-state index contributed by atoms with van der Waals surface area (Å²) >= 11 is 0. The number of imidazole rings is 1. The quantitative estimate of drug-likeness (QED) is 0.364. The molecule has 42 heavy (non-hydrogen) atoms. The number of rotatable bonds is 8. The van der Waals surface area contributed by atoms with Crippen molar-refractivity contribution in [3.8, 4) is 0 Å². The van der Waals surface area contributed by atoms with E-state index in [2.05, 4.69) is 46.4 Å². The number of anilines is 2. The van der Waals surface area contributed by atoms with E-state index >= 15 is 0 Å². The lowest BCUT2D eigenvalue weighted by Crippen LogP contribution is -2.43. The van der Waals surface area contributed by atoms with Crippen LogP contribution in [0.3, 0.4) is 0 Å². The fraction of sp³-hybridized carbons (Fsp3) is 0.552. The Hall–Kier alpha value is -3.81. The Morgan fingerprint density at radius 2 is 1.81 bits per heavy atom. The summed E-state index contributed by atoms with van der Waals surface area (Å²) in [6.07, 6.45) is 1.20. The Morgan fingerprint density at radius 1 is 1.10 bits per heavy atom. The van der Waals surface area contributed by atoms with Crippen LogP contribution in [0.1, 0.15) is 59.8 Å². The fourth-order valence-corrected chi connectivity index (χ4v) is 5.38. The number of benzene rings is 1. The van der Waals surface area contributed by atoms with Crippen LogP contribution in [0.15, 0.2) is 36.9 Å². The van der Waals surface area contributed by atoms with Crippen LogP contribution < -0.4 is 16.4 Å². The highest BCUT2D eigenvalue weighted by Crippen LogP contribution is 2.44. The molecule has 2 aliphatic heterocycles. The third-order valence-electron chi connectivity index (χ3n) is 7.55. The first-order valence-electron chi connectivity index (χ1n) is 14.2. The molecule has 0 saturated carbocycles. The van der Waals surface area contributed by atoms with Crippen molar-refractivity contribution in [2.45, 2.75) is 83.7 Å². The topological polar surface area (TPSA) is 159 Å². The summed E-state index contributed by atoms with van der Waals surface area (Å²) in [6, 6.07) is 7.37. The maximum atomic E-state index is 13.2. The van der Waals surface area contributed by atoms with Crippen molar-refractivity contribution in [3.05, 3.63) is 42.5 Å². The van der Waals surface area contributed by atoms with E-state index in [0.717, 1.165) is 0 Å². The maximum Gasteiger partial charge on any atom is 0.319 e. The predicted octanol–water partition coefficient (Wildman–Crippen LogP) is 3.18. The van der Waals surface area contributed by atoms with E-state index in [9.17, 15) is 9.59 Å². The average Bonchev–Trinajstić information content (AvgIpc) is 3.58. The van der Waals surface area contributed by atoms with E-state index in [4.69, 9.17) is 19.9 Å². The summed E-state index contributed by atoms with van der Waals surface area (Å²) < 4.78 is 20.7. The van der Waals surface area contributed by atoms with Crippen LogP contribution in [-0.4, -0.2) is 80.1 Å². The van der Waals surface area contributed by atoms with Gasteiger partial charge in [0, 0.05) is 31.7 Å². The van der Waals surface area contributed by atoms with Crippen LogP contribution in [0.25, 0.3) is 11.2 Å². The van der Waals surface area contributed by atoms with E-state index in [1.54, 1.807) is 15.8 Å². The standard InChI is InChI=1S/C29H40N8O5/c1-7-36(20(38)12-13-31-27(39)35-18-10-8-17(9-11-18)28(2,3)4)14-19-22-23(42-29(5,6)41-22)26(40-19)37-16-34-21-24(30)32-15-33-25(21)37/h8-11,15-16,19,22-23,26H,7,12-14H2,1-6H3,(H2,30,32,33)(H2,31,35,39)/t19-,22-,23-,26?/m1/s1. The molecule has 4 heterocycles. The highest BCUT2D eigenvalue weighted by Gasteiger charge is 2.56. The van der Waals surface area contributed by atoms with Gasteiger partial charge in [-0.15, -0.1) is 0 Å². The molecule has 5 rings (SSSR count). The molecule has 4 N–H and O–H groups in total. The van der Waals surface area contributed by atoms with Crippen molar-refractivity contribution in [1.29, 1.82) is 0 Å². The third kappa shape index (κ3) is 6.18. The van der Waals surface area contributed by atoms with Crippen molar-refractivity contribution in [2.24, 2.45) is 0 Å². The number of fused-ring (bicyclic) bond motifs is 2. The molecule has 4 atom stereocenters. The molecule has 3 aromatic rings. The number of amides is 3. The summed E-state index contributed by atoms with van der Waals surface area (Å²) in [5.41, 5.74) is 8.88. The molecule has 2 aliphatic rings. The zero-order valence-corrected chi connectivity index (χ0v) is 25.0. The summed E-state index contributed by atoms with van der Waals surface area (Å²) in [7, 11) is 0. The first kappa shape index (κ1) is 29.7. The molecule has 226 valence electrons. The minimum atomic E-state index is -0.828. The highest BCUT2D eigenvalue weighted by atomic mass is 16.8. The van der Waals surface area contributed by atoms with Crippen LogP contribution in [-0.2, 0) is 24.4 Å². The number of nitrogens with zero attached hydrogens (tertiary/aromatic N) is 5. The molecule has 2 aromatic heterocycles. The lowest BCUT2D eigenvalue weighted by Gasteiger charge is -2.28. The number of nitrogen functional groups attached to an aromatic ring is 1. The smallest absolute Gasteiger partial charge is 0.319 e. The second-order valence-electron chi connectivity index (χ2n) is 12.1. The number of nitrogens with two attached hydrogens (primary N) is 1. The zero-order valence-electron chi connectivity index (χ0n) is 25.0. The zero-order chi connectivity index (χ0) is 30.2. The van der Waals surface area contributed by atoms with Gasteiger partial charge in [0.1, 0.15) is 30.2 Å². The van der Waals surface area contributed by atoms with Gasteiger partial charge in [-0.2, -0.15) is 0 Å². The second kappa shape index (κ2) is 11.5. The fourth-order valence-electron chi connectivity index (χ4n) is 5.38. The van der Waals surface area contributed by atoms with Gasteiger partial charge in [-0.3, -0.25) is 9.36 Å². The first-order chi connectivity index (χ1) is 19.9. The predicted molar refractivity (Wildman–Crippen MR) is 157 cm³/mol. The van der Waals surface area contributed by atoms with Crippen molar-refractivity contribution in [3.63, 3.8) is 0 Å². The molecule has 3 amide bonds. The third-order valence-corrected chi connectivity index (χ3v) is 7.55. The average molecular weight is 581 g/mol. The molecule has 1 unspecified atom stereocenters. The SMILES string of the molecule is CCN(C[C@H]1OC(n2cnc3c(N)ncnc32)[C@@H]2OC(C)(C)O[C@H]12)C(=O)CCNC(=O)Nc1ccc(C(C)(C)C)cc1. The van der Waals surface area contributed by atoms with E-state index in [0.29, 0.717) is 29.9 Å². The Bertz CT molecular complexity index is 1430. The minimum absolute atomic E-state index is 0.0299. The number of hydrogen-bond acceptors (Lipinski definition) is 9. The number of nitrogens with one attached hydrogen (secondary N) is 2. The minimum Gasteiger partial charge on any atom is -0.382 e. The van der Waals surface area contributed by atoms with Gasteiger partial charge < -0.3 is 35.5 Å². The molecule has 1 aromatic carbocycles. The highest BCUT2D eigenvalue weighted by molar-refractivity contribution is 5.89. The molecule has 13 nitrogen and oxygen atoms in total. The van der Waals surface area contributed by atoms with Crippen LogP contribution in [0.4, 0.5) is 16.3 Å². The molecule has 0 radical (unpaired) electrons. The monoisotopic (exact) mass is 580 g/mol. The van der Waals surface area contributed by atoms with Gasteiger partial charge in [0.25, 0.3) is 0 Å². The van der Waals surface area contributed by atoms with Crippen LogP contribution in [0.2, 0.25) is 0 Å². The van der Waals surface area contributed by atoms with Gasteiger partial charge in [-0.25, -0.2) is 19.7 Å². The maximum absolute atomic E-state index is 13.2. The summed E-state index contributed by atoms with van der Waals surface area (Å²) in [6.45, 7) is 13.0. The van der Waals surface area contributed by atoms with Gasteiger partial charge in [-0.1, -0.05) is 32.9 Å². The molecule has 2 fully saturated rings. The Morgan fingerprint density at radius 3 is 2.50 bits per heavy atom. The number of likely N-dealkylation sites (N-methyl/N-ethyl adjacent to an activating group) is 1. The second-order valence-corrected chi connectivity index (χ2v) is 12.1. The van der Waals surface area contributed by atoms with Crippen LogP contribution in [0.5, 0.6) is 0 Å². The Balaban J connectivity index is 1.18. The summed E-state index contributed by atoms with van der Waals surface area (Å²) in [4.78, 5) is 40.0. The number of ether oxygens (including phenoxy) is 3. The van der Waals surface area contributed by atoms with Crippen molar-refractivity contribution in [2.75, 3.05) is 30.7 Å². The van der Waals surface area contributed by atoms with Gasteiger partial charge in [0.2, 0.25) is 5.91 Å². The molecule has 0 aliphatic carbocycles. The number of aromatic nitrogens is 4. The van der Waals surface area contributed by atoms with Gasteiger partial charge >= 0.3 is 6.03 Å². The number of carbonyl (C=O) groups is 2. The van der Waals surface area contributed by atoms with Crippen molar-refractivity contribution in [1.82, 2.24) is 29.7 Å². The Labute approximate surface area is 245 Å². The van der Waals surface area contributed by atoms with Crippen molar-refractivity contribution >= 4 is 34.6 Å². The molecule has 0 bridgehead atoms. The van der Waals surface area contributed by atoms with E-state index in [1.807, 2.05) is 45.0 Å². The van der Waals surface area contributed by atoms with E-state index in [1.165, 1.54) is 11.9 Å². The molecular formula is C29H40N8O5. The summed E-state index contributed by atoms with van der Waals surface area (Å²) in [5, 5.41) is 5.58. The Kier molecular flexibility index (Phi) is 8.10. The molecule has 13 heteroatoms. The number of hydrogen-bond donors (Lipinski definition) is 3. The lowest BCUT2D eigenvalue weighted by molar-refractivity contribution is -0.198. The molecular weight excluding hydrogens is 540 g/mol. The lowest BCUT2D eigenvalue weighted by atomic mass is 9.87. The normalized spacial score (nSPS) is 23.1. The van der Waals surface area contributed by atoms with Crippen LogP contribution >= 0.6 is 0 Å². The van der Waals surface area contributed by atoms with E-state index in [-0.39, 0.29) is 36.1 Å². The largest absolute Gasteiger partial charge is 0.382 e. The van der Waals surface area contributed by atoms with Crippen LogP contribution in [0, 0.1) is 0 Å². The first-order valence-corrected chi connectivity index (χ1v) is 14.2. The van der Waals surface area contributed by atoms with Gasteiger partial charge in [0.05, 0.1) is 6.33 Å². The van der Waals surface area contributed by atoms with E-state index < -0.39 is 30.3 Å². The van der Waals surface area contributed by atoms with Crippen molar-refractivity contribution < 1.29 is 23.8 Å². The number of urea groups is 1. The molecule has 2 saturated heterocycles. The van der Waals surface area contributed by atoms with Gasteiger partial charge in [0.15, 0.2) is 23.5 Å². The summed E-state index contributed by atoms with van der Waals surface area (Å²) in [5.74, 6) is -0.661. The van der Waals surface area contributed by atoms with Gasteiger partial charge in [-0.05, 0) is 43.9 Å².